The first kappa shape index (κ1) is 19.4. The van der Waals surface area contributed by atoms with E-state index < -0.39 is 27.5 Å². The molecule has 0 aliphatic carbocycles. The quantitative estimate of drug-likeness (QED) is 0.220. The van der Waals surface area contributed by atoms with Gasteiger partial charge in [0.05, 0.1) is 0 Å². The molecule has 0 unspecified atom stereocenters. The van der Waals surface area contributed by atoms with Crippen molar-refractivity contribution in [2.24, 2.45) is 5.73 Å². The van der Waals surface area contributed by atoms with Gasteiger partial charge in [-0.05, 0) is 0 Å². The fourth-order valence-electron chi connectivity index (χ4n) is 0.509. The molecular formula is CH8KNO9P3. The third-order valence-corrected chi connectivity index (χ3v) is 8.55. The van der Waals surface area contributed by atoms with Gasteiger partial charge in [0.15, 0.2) is 0 Å². The average Bonchev–Trinajstić information content (AvgIpc) is 1.77. The van der Waals surface area contributed by atoms with Crippen LogP contribution in [0.5, 0.6) is 0 Å². The fourth-order valence-corrected chi connectivity index (χ4v) is 4.58. The van der Waals surface area contributed by atoms with E-state index in [4.69, 9.17) is 29.4 Å². The first-order valence-electron chi connectivity index (χ1n) is 2.71. The zero-order valence-electron chi connectivity index (χ0n) is 7.33. The molecule has 0 aliphatic rings. The Morgan fingerprint density at radius 3 is 0.867 bits per heavy atom. The number of hydrogen-bond acceptors (Lipinski definition) is 4. The first-order chi connectivity index (χ1) is 5.75. The van der Waals surface area contributed by atoms with Gasteiger partial charge < -0.3 is 29.4 Å². The summed E-state index contributed by atoms with van der Waals surface area (Å²) < 4.78 is 27.4. The van der Waals surface area contributed by atoms with Crippen LogP contribution >= 0.6 is 22.8 Å². The van der Waals surface area contributed by atoms with Crippen LogP contribution in [0, 0.1) is 0 Å². The van der Waals surface area contributed by atoms with Crippen molar-refractivity contribution in [1.29, 1.82) is 0 Å². The number of rotatable bonds is 3. The molecule has 0 saturated carbocycles. The molecular weight excluding hydrogens is 302 g/mol. The molecule has 1 radical (unpaired) electrons. The van der Waals surface area contributed by atoms with Gasteiger partial charge in [-0.3, -0.25) is 19.4 Å². The summed E-state index contributed by atoms with van der Waals surface area (Å²) in [6.07, 6.45) is 0. The van der Waals surface area contributed by atoms with Crippen molar-refractivity contribution < 1.29 is 43.1 Å². The summed E-state index contributed by atoms with van der Waals surface area (Å²) in [7, 11) is -17.6. The Morgan fingerprint density at radius 1 is 0.733 bits per heavy atom. The predicted molar refractivity (Wildman–Crippen MR) is 48.8 cm³/mol. The SMILES string of the molecule is NC(P(=O)(O)O)(P(=O)(O)O)P(=O)(O)O.[K]. The van der Waals surface area contributed by atoms with Gasteiger partial charge in [-0.15, -0.1) is 0 Å². The topological polar surface area (TPSA) is 199 Å². The van der Waals surface area contributed by atoms with Crippen LogP contribution < -0.4 is 5.73 Å². The average molecular weight is 310 g/mol. The Bertz CT molecular complexity index is 304. The Hall–Kier alpha value is 2.05. The summed E-state index contributed by atoms with van der Waals surface area (Å²) in [6.45, 7) is 0. The minimum atomic E-state index is -5.88. The zero-order chi connectivity index (χ0) is 12.0. The van der Waals surface area contributed by atoms with E-state index in [1.165, 1.54) is 0 Å². The Balaban J connectivity index is 0. The van der Waals surface area contributed by atoms with Gasteiger partial charge in [0.2, 0.25) is 0 Å². The molecule has 0 bridgehead atoms. The van der Waals surface area contributed by atoms with Crippen molar-refractivity contribution in [2.45, 2.75) is 4.76 Å². The summed E-state index contributed by atoms with van der Waals surface area (Å²) in [5.74, 6) is 0. The fraction of sp³-hybridized carbons (Fsp3) is 1.00. The molecule has 8 N–H and O–H groups in total. The maximum absolute atomic E-state index is 10.5. The first-order valence-corrected chi connectivity index (χ1v) is 7.54. The second-order valence-corrected chi connectivity index (χ2v) is 8.76. The van der Waals surface area contributed by atoms with Crippen molar-refractivity contribution in [3.8, 4) is 0 Å². The predicted octanol–water partition coefficient (Wildman–Crippen LogP) is -2.29. The van der Waals surface area contributed by atoms with Crippen molar-refractivity contribution in [2.75, 3.05) is 0 Å². The third-order valence-electron chi connectivity index (χ3n) is 1.29. The summed E-state index contributed by atoms with van der Waals surface area (Å²) in [4.78, 5) is 50.5. The Labute approximate surface area is 126 Å². The minimum absolute atomic E-state index is 0. The normalized spacial score (nSPS) is 14.6. The van der Waals surface area contributed by atoms with Crippen molar-refractivity contribution in [3.05, 3.63) is 0 Å². The van der Waals surface area contributed by atoms with E-state index in [2.05, 4.69) is 5.73 Å². The van der Waals surface area contributed by atoms with E-state index in [0.29, 0.717) is 0 Å². The number of hydrogen-bond donors (Lipinski definition) is 7. The van der Waals surface area contributed by atoms with Gasteiger partial charge in [-0.25, -0.2) is 0 Å². The summed E-state index contributed by atoms with van der Waals surface area (Å²) in [6, 6.07) is 0. The number of nitrogens with two attached hydrogens (primary N) is 1. The molecule has 0 atom stereocenters. The second kappa shape index (κ2) is 5.35. The molecule has 0 fully saturated rings. The molecule has 0 aromatic heterocycles. The van der Waals surface area contributed by atoms with Gasteiger partial charge in [0.25, 0.3) is 0 Å². The molecule has 0 aliphatic heterocycles. The smallest absolute Gasteiger partial charge is 0.322 e. The molecule has 14 heteroatoms. The molecule has 0 amide bonds. The van der Waals surface area contributed by atoms with Crippen LogP contribution in [-0.4, -0.2) is 85.5 Å². The van der Waals surface area contributed by atoms with Crippen LogP contribution in [0.1, 0.15) is 0 Å². The van der Waals surface area contributed by atoms with Gasteiger partial charge in [0, 0.05) is 51.4 Å². The van der Waals surface area contributed by atoms with Crippen LogP contribution in [0.2, 0.25) is 0 Å². The van der Waals surface area contributed by atoms with Crippen LogP contribution in [0.3, 0.4) is 0 Å². The Morgan fingerprint density at radius 2 is 0.867 bits per heavy atom. The summed E-state index contributed by atoms with van der Waals surface area (Å²) in [5.41, 5.74) is 4.44. The van der Waals surface area contributed by atoms with Crippen molar-refractivity contribution in [3.63, 3.8) is 0 Å². The summed E-state index contributed by atoms with van der Waals surface area (Å²) >= 11 is 0. The molecule has 0 saturated heterocycles. The zero-order valence-corrected chi connectivity index (χ0v) is 13.1. The van der Waals surface area contributed by atoms with Gasteiger partial charge in [-0.1, -0.05) is 0 Å². The maximum Gasteiger partial charge on any atom is 0.370 e. The maximum atomic E-state index is 10.5. The molecule has 0 aromatic rings. The van der Waals surface area contributed by atoms with E-state index in [1.54, 1.807) is 0 Å². The standard InChI is InChI=1S/CH8NO9P3.K/c2-1(12(3,4)5,13(6,7)8)14(9,10)11;/h2H2,(H2,3,4,5)(H2,6,7,8)(H2,9,10,11);. The van der Waals surface area contributed by atoms with Crippen LogP contribution in [0.25, 0.3) is 0 Å². The van der Waals surface area contributed by atoms with E-state index in [0.717, 1.165) is 0 Å². The third kappa shape index (κ3) is 3.75. The molecule has 0 spiro atoms. The second-order valence-electron chi connectivity index (χ2n) is 2.32. The molecule has 0 aromatic carbocycles. The van der Waals surface area contributed by atoms with Crippen molar-refractivity contribution in [1.82, 2.24) is 0 Å². The van der Waals surface area contributed by atoms with E-state index >= 15 is 0 Å². The molecule has 0 heterocycles. The van der Waals surface area contributed by atoms with Gasteiger partial charge in [-0.2, -0.15) is 0 Å². The van der Waals surface area contributed by atoms with Crippen LogP contribution in [0.4, 0.5) is 0 Å². The summed E-state index contributed by atoms with van der Waals surface area (Å²) in [5, 5.41) is 0. The van der Waals surface area contributed by atoms with E-state index in [9.17, 15) is 13.7 Å². The molecule has 10 nitrogen and oxygen atoms in total. The van der Waals surface area contributed by atoms with Crippen LogP contribution in [-0.2, 0) is 13.7 Å². The van der Waals surface area contributed by atoms with E-state index in [1.807, 2.05) is 0 Å². The molecule has 87 valence electrons. The van der Waals surface area contributed by atoms with Crippen LogP contribution in [0.15, 0.2) is 0 Å². The monoisotopic (exact) mass is 310 g/mol. The molecule has 15 heavy (non-hydrogen) atoms. The molecule has 0 rings (SSSR count). The van der Waals surface area contributed by atoms with E-state index in [-0.39, 0.29) is 51.4 Å². The van der Waals surface area contributed by atoms with Gasteiger partial charge in [0.1, 0.15) is 0 Å². The van der Waals surface area contributed by atoms with Crippen molar-refractivity contribution >= 4 is 74.2 Å². The van der Waals surface area contributed by atoms with Gasteiger partial charge >= 0.3 is 27.5 Å². The minimum Gasteiger partial charge on any atom is -0.322 e. The largest absolute Gasteiger partial charge is 0.370 e. The Kier molecular flexibility index (Phi) is 6.92.